The molecule has 1 rings (SSSR count). The number of aryl methyl sites for hydroxylation is 1. The molecule has 0 radical (unpaired) electrons. The molecule has 0 unspecified atom stereocenters. The monoisotopic (exact) mass is 274 g/mol. The van der Waals surface area contributed by atoms with Gasteiger partial charge in [-0.1, -0.05) is 11.6 Å². The van der Waals surface area contributed by atoms with Gasteiger partial charge in [0.25, 0.3) is 0 Å². The van der Waals surface area contributed by atoms with Crippen LogP contribution in [0.4, 0.5) is 11.4 Å². The van der Waals surface area contributed by atoms with Crippen molar-refractivity contribution in [3.8, 4) is 0 Å². The smallest absolute Gasteiger partial charge is 0.0656 e. The standard InChI is InChI=1S/C12H19ClN2OS/c1-9-7-11(14)10(13)8-12(9)15-3-6-17-5-2-4-16/h7-8,15-16H,2-6,14H2,1H3. The molecule has 0 saturated heterocycles. The van der Waals surface area contributed by atoms with Crippen molar-refractivity contribution in [3.05, 3.63) is 22.7 Å². The fourth-order valence-electron chi connectivity index (χ4n) is 1.42. The van der Waals surface area contributed by atoms with E-state index in [1.807, 2.05) is 30.8 Å². The number of nitrogens with one attached hydrogen (secondary N) is 1. The van der Waals surface area contributed by atoms with E-state index in [0.717, 1.165) is 35.7 Å². The lowest BCUT2D eigenvalue weighted by molar-refractivity contribution is 0.296. The minimum atomic E-state index is 0.271. The predicted molar refractivity (Wildman–Crippen MR) is 78.1 cm³/mol. The molecule has 0 aliphatic carbocycles. The zero-order valence-electron chi connectivity index (χ0n) is 10.0. The second kappa shape index (κ2) is 7.69. The van der Waals surface area contributed by atoms with Gasteiger partial charge in [-0.3, -0.25) is 0 Å². The summed E-state index contributed by atoms with van der Waals surface area (Å²) < 4.78 is 0. The number of nitrogen functional groups attached to an aromatic ring is 1. The van der Waals surface area contributed by atoms with Gasteiger partial charge in [-0.25, -0.2) is 0 Å². The molecule has 0 spiro atoms. The minimum absolute atomic E-state index is 0.271. The third-order valence-electron chi connectivity index (χ3n) is 2.35. The molecule has 17 heavy (non-hydrogen) atoms. The largest absolute Gasteiger partial charge is 0.398 e. The van der Waals surface area contributed by atoms with Crippen LogP contribution in [-0.2, 0) is 0 Å². The van der Waals surface area contributed by atoms with Crippen molar-refractivity contribution in [3.63, 3.8) is 0 Å². The molecular weight excluding hydrogens is 256 g/mol. The van der Waals surface area contributed by atoms with Crippen molar-refractivity contribution in [1.29, 1.82) is 0 Å². The molecule has 0 saturated carbocycles. The number of aliphatic hydroxyl groups excluding tert-OH is 1. The average molecular weight is 275 g/mol. The molecule has 3 nitrogen and oxygen atoms in total. The van der Waals surface area contributed by atoms with Gasteiger partial charge in [0.05, 0.1) is 10.7 Å². The summed E-state index contributed by atoms with van der Waals surface area (Å²) in [5, 5.41) is 12.6. The number of anilines is 2. The first-order chi connectivity index (χ1) is 8.15. The highest BCUT2D eigenvalue weighted by Crippen LogP contribution is 2.26. The molecule has 0 fully saturated rings. The van der Waals surface area contributed by atoms with Gasteiger partial charge in [-0.2, -0.15) is 11.8 Å². The van der Waals surface area contributed by atoms with Crippen molar-refractivity contribution in [2.75, 3.05) is 35.7 Å². The molecule has 0 aliphatic rings. The molecule has 0 aromatic heterocycles. The fraction of sp³-hybridized carbons (Fsp3) is 0.500. The van der Waals surface area contributed by atoms with Crippen molar-refractivity contribution >= 4 is 34.7 Å². The van der Waals surface area contributed by atoms with Crippen LogP contribution in [0.15, 0.2) is 12.1 Å². The van der Waals surface area contributed by atoms with E-state index in [1.54, 1.807) is 0 Å². The molecule has 1 aromatic rings. The summed E-state index contributed by atoms with van der Waals surface area (Å²) in [6.07, 6.45) is 0.859. The van der Waals surface area contributed by atoms with Gasteiger partial charge < -0.3 is 16.2 Å². The highest BCUT2D eigenvalue weighted by atomic mass is 35.5. The summed E-state index contributed by atoms with van der Waals surface area (Å²) in [6, 6.07) is 3.74. The Morgan fingerprint density at radius 2 is 2.18 bits per heavy atom. The van der Waals surface area contributed by atoms with E-state index in [4.69, 9.17) is 22.4 Å². The third-order valence-corrected chi connectivity index (χ3v) is 3.75. The molecular formula is C12H19ClN2OS. The van der Waals surface area contributed by atoms with E-state index in [2.05, 4.69) is 5.32 Å². The maximum Gasteiger partial charge on any atom is 0.0656 e. The molecule has 0 aliphatic heterocycles. The number of benzene rings is 1. The van der Waals surface area contributed by atoms with Gasteiger partial charge in [-0.05, 0) is 36.8 Å². The van der Waals surface area contributed by atoms with Crippen LogP contribution in [-0.4, -0.2) is 29.8 Å². The first-order valence-electron chi connectivity index (χ1n) is 5.63. The van der Waals surface area contributed by atoms with Crippen LogP contribution in [0.3, 0.4) is 0 Å². The van der Waals surface area contributed by atoms with E-state index < -0.39 is 0 Å². The fourth-order valence-corrected chi connectivity index (χ4v) is 2.37. The quantitative estimate of drug-likeness (QED) is 0.529. The Balaban J connectivity index is 2.34. The highest BCUT2D eigenvalue weighted by molar-refractivity contribution is 7.99. The van der Waals surface area contributed by atoms with E-state index in [1.165, 1.54) is 0 Å². The van der Waals surface area contributed by atoms with Crippen LogP contribution in [0.2, 0.25) is 5.02 Å². The lowest BCUT2D eigenvalue weighted by Crippen LogP contribution is -2.06. The summed E-state index contributed by atoms with van der Waals surface area (Å²) >= 11 is 7.80. The Morgan fingerprint density at radius 3 is 2.88 bits per heavy atom. The van der Waals surface area contributed by atoms with Gasteiger partial charge in [0.2, 0.25) is 0 Å². The van der Waals surface area contributed by atoms with Crippen LogP contribution in [0.1, 0.15) is 12.0 Å². The summed E-state index contributed by atoms with van der Waals surface area (Å²) in [7, 11) is 0. The number of hydrogen-bond donors (Lipinski definition) is 3. The molecule has 4 N–H and O–H groups in total. The van der Waals surface area contributed by atoms with Crippen molar-refractivity contribution < 1.29 is 5.11 Å². The Bertz CT molecular complexity index is 361. The average Bonchev–Trinajstić information content (AvgIpc) is 2.30. The van der Waals surface area contributed by atoms with Gasteiger partial charge in [0.15, 0.2) is 0 Å². The predicted octanol–water partition coefficient (Wildman–Crippen LogP) is 2.76. The lowest BCUT2D eigenvalue weighted by Gasteiger charge is -2.11. The maximum absolute atomic E-state index is 8.64. The van der Waals surface area contributed by atoms with Crippen LogP contribution in [0.5, 0.6) is 0 Å². The second-order valence-electron chi connectivity index (χ2n) is 3.80. The van der Waals surface area contributed by atoms with E-state index in [-0.39, 0.29) is 6.61 Å². The van der Waals surface area contributed by atoms with Crippen molar-refractivity contribution in [1.82, 2.24) is 0 Å². The summed E-state index contributed by atoms with van der Waals surface area (Å²) in [4.78, 5) is 0. The topological polar surface area (TPSA) is 58.3 Å². The Kier molecular flexibility index (Phi) is 6.55. The second-order valence-corrected chi connectivity index (χ2v) is 5.44. The number of rotatable bonds is 7. The molecule has 0 amide bonds. The molecule has 0 bridgehead atoms. The minimum Gasteiger partial charge on any atom is -0.398 e. The van der Waals surface area contributed by atoms with Gasteiger partial charge in [0.1, 0.15) is 0 Å². The van der Waals surface area contributed by atoms with Crippen LogP contribution >= 0.6 is 23.4 Å². The SMILES string of the molecule is Cc1cc(N)c(Cl)cc1NCCSCCCO. The van der Waals surface area contributed by atoms with Gasteiger partial charge in [-0.15, -0.1) is 0 Å². The summed E-state index contributed by atoms with van der Waals surface area (Å²) in [5.74, 6) is 2.01. The summed E-state index contributed by atoms with van der Waals surface area (Å²) in [5.41, 5.74) is 8.47. The first-order valence-corrected chi connectivity index (χ1v) is 7.16. The number of hydrogen-bond acceptors (Lipinski definition) is 4. The zero-order valence-corrected chi connectivity index (χ0v) is 11.6. The number of thioether (sulfide) groups is 1. The molecule has 0 heterocycles. The molecule has 0 atom stereocenters. The van der Waals surface area contributed by atoms with Crippen LogP contribution in [0.25, 0.3) is 0 Å². The van der Waals surface area contributed by atoms with Gasteiger partial charge >= 0.3 is 0 Å². The maximum atomic E-state index is 8.64. The molecule has 1 aromatic carbocycles. The van der Waals surface area contributed by atoms with E-state index in [0.29, 0.717) is 10.7 Å². The highest BCUT2D eigenvalue weighted by Gasteiger charge is 2.02. The lowest BCUT2D eigenvalue weighted by atomic mass is 10.2. The molecule has 96 valence electrons. The van der Waals surface area contributed by atoms with Crippen molar-refractivity contribution in [2.45, 2.75) is 13.3 Å². The van der Waals surface area contributed by atoms with Crippen LogP contribution in [0, 0.1) is 6.92 Å². The van der Waals surface area contributed by atoms with Crippen molar-refractivity contribution in [2.24, 2.45) is 0 Å². The molecule has 5 heteroatoms. The number of aliphatic hydroxyl groups is 1. The van der Waals surface area contributed by atoms with E-state index >= 15 is 0 Å². The first kappa shape index (κ1) is 14.5. The van der Waals surface area contributed by atoms with E-state index in [9.17, 15) is 0 Å². The van der Waals surface area contributed by atoms with Gasteiger partial charge in [0, 0.05) is 24.6 Å². The van der Waals surface area contributed by atoms with Crippen LogP contribution < -0.4 is 11.1 Å². The number of nitrogens with two attached hydrogens (primary N) is 1. The normalized spacial score (nSPS) is 10.5. The number of halogens is 1. The Hall–Kier alpha value is -0.580. The third kappa shape index (κ3) is 5.06. The Labute approximate surface area is 112 Å². The Morgan fingerprint density at radius 1 is 1.41 bits per heavy atom. The summed E-state index contributed by atoms with van der Waals surface area (Å²) in [6.45, 7) is 3.16. The zero-order chi connectivity index (χ0) is 12.7.